The van der Waals surface area contributed by atoms with Crippen molar-refractivity contribution < 1.29 is 4.74 Å². The topological polar surface area (TPSA) is 36.3 Å². The smallest absolute Gasteiger partial charge is 0.0645 e. The summed E-state index contributed by atoms with van der Waals surface area (Å²) in [5, 5.41) is 7.45. The van der Waals surface area contributed by atoms with E-state index in [9.17, 15) is 0 Å². The molecule has 0 aromatic carbocycles. The molecule has 1 N–H and O–H groups in total. The standard InChI is InChI=1S/C11H20N2O/c1-11(9-12)3-2-5-13(6-4-11)10-7-14-8-10/h9-10,12H,2-8H2,1H3. The maximum absolute atomic E-state index is 7.45. The van der Waals surface area contributed by atoms with Crippen LogP contribution in [0, 0.1) is 10.8 Å². The lowest BCUT2D eigenvalue weighted by Gasteiger charge is -2.36. The molecule has 1 unspecified atom stereocenters. The van der Waals surface area contributed by atoms with Crippen LogP contribution in [-0.2, 0) is 4.74 Å². The van der Waals surface area contributed by atoms with E-state index in [-0.39, 0.29) is 5.41 Å². The van der Waals surface area contributed by atoms with Crippen LogP contribution in [0.5, 0.6) is 0 Å². The van der Waals surface area contributed by atoms with Gasteiger partial charge in [-0.2, -0.15) is 0 Å². The second-order valence-corrected chi connectivity index (χ2v) is 4.88. The van der Waals surface area contributed by atoms with E-state index in [1.54, 1.807) is 6.21 Å². The van der Waals surface area contributed by atoms with Crippen LogP contribution in [0.2, 0.25) is 0 Å². The van der Waals surface area contributed by atoms with Gasteiger partial charge in [0.15, 0.2) is 0 Å². The van der Waals surface area contributed by atoms with Crippen LogP contribution in [0.25, 0.3) is 0 Å². The van der Waals surface area contributed by atoms with Gasteiger partial charge in [-0.3, -0.25) is 4.90 Å². The summed E-state index contributed by atoms with van der Waals surface area (Å²) in [6.07, 6.45) is 5.17. The molecule has 2 aliphatic rings. The summed E-state index contributed by atoms with van der Waals surface area (Å²) < 4.78 is 5.22. The third-order valence-electron chi connectivity index (χ3n) is 3.65. The van der Waals surface area contributed by atoms with Crippen LogP contribution in [0.15, 0.2) is 0 Å². The zero-order chi connectivity index (χ0) is 10.0. The fraction of sp³-hybridized carbons (Fsp3) is 0.909. The number of ether oxygens (including phenoxy) is 1. The van der Waals surface area contributed by atoms with Crippen molar-refractivity contribution in [2.75, 3.05) is 26.3 Å². The van der Waals surface area contributed by atoms with Crippen molar-refractivity contribution in [1.82, 2.24) is 4.90 Å². The van der Waals surface area contributed by atoms with E-state index >= 15 is 0 Å². The summed E-state index contributed by atoms with van der Waals surface area (Å²) in [7, 11) is 0. The molecule has 3 nitrogen and oxygen atoms in total. The average Bonchev–Trinajstić information content (AvgIpc) is 2.27. The van der Waals surface area contributed by atoms with Gasteiger partial charge in [-0.05, 0) is 32.4 Å². The lowest BCUT2D eigenvalue weighted by molar-refractivity contribution is -0.0640. The van der Waals surface area contributed by atoms with Crippen LogP contribution in [-0.4, -0.2) is 43.5 Å². The van der Waals surface area contributed by atoms with Gasteiger partial charge < -0.3 is 10.1 Å². The number of rotatable bonds is 2. The summed E-state index contributed by atoms with van der Waals surface area (Å²) in [4.78, 5) is 2.54. The van der Waals surface area contributed by atoms with E-state index in [1.807, 2.05) is 0 Å². The lowest BCUT2D eigenvalue weighted by atomic mass is 9.84. The average molecular weight is 196 g/mol. The maximum atomic E-state index is 7.45. The van der Waals surface area contributed by atoms with Gasteiger partial charge in [0.2, 0.25) is 0 Å². The van der Waals surface area contributed by atoms with Gasteiger partial charge in [-0.1, -0.05) is 6.92 Å². The number of likely N-dealkylation sites (tertiary alicyclic amines) is 1. The summed E-state index contributed by atoms with van der Waals surface area (Å²) in [6, 6.07) is 0.670. The zero-order valence-electron chi connectivity index (χ0n) is 8.96. The predicted molar refractivity (Wildman–Crippen MR) is 56.9 cm³/mol. The fourth-order valence-corrected chi connectivity index (χ4v) is 2.27. The van der Waals surface area contributed by atoms with E-state index in [0.29, 0.717) is 6.04 Å². The molecule has 2 aliphatic heterocycles. The molecule has 0 saturated carbocycles. The molecule has 0 spiro atoms. The molecule has 0 amide bonds. The Hall–Kier alpha value is -0.410. The molecular weight excluding hydrogens is 176 g/mol. The highest BCUT2D eigenvalue weighted by molar-refractivity contribution is 5.61. The zero-order valence-corrected chi connectivity index (χ0v) is 8.96. The molecule has 14 heavy (non-hydrogen) atoms. The Bertz CT molecular complexity index is 215. The van der Waals surface area contributed by atoms with Gasteiger partial charge in [-0.25, -0.2) is 0 Å². The Kier molecular flexibility index (Phi) is 2.88. The molecule has 0 aromatic rings. The highest BCUT2D eigenvalue weighted by Crippen LogP contribution is 2.29. The minimum absolute atomic E-state index is 0.152. The molecule has 1 atom stereocenters. The monoisotopic (exact) mass is 196 g/mol. The number of hydrogen-bond donors (Lipinski definition) is 1. The Morgan fingerprint density at radius 2 is 2.14 bits per heavy atom. The maximum Gasteiger partial charge on any atom is 0.0645 e. The largest absolute Gasteiger partial charge is 0.378 e. The van der Waals surface area contributed by atoms with Gasteiger partial charge in [0.05, 0.1) is 19.3 Å². The number of nitrogens with one attached hydrogen (secondary N) is 1. The van der Waals surface area contributed by atoms with Gasteiger partial charge in [-0.15, -0.1) is 0 Å². The molecule has 2 saturated heterocycles. The molecule has 80 valence electrons. The Morgan fingerprint density at radius 1 is 1.36 bits per heavy atom. The normalized spacial score (nSPS) is 36.1. The van der Waals surface area contributed by atoms with E-state index in [4.69, 9.17) is 10.1 Å². The molecule has 2 fully saturated rings. The van der Waals surface area contributed by atoms with Crippen LogP contribution in [0.4, 0.5) is 0 Å². The molecule has 3 heteroatoms. The molecule has 2 rings (SSSR count). The molecule has 0 bridgehead atoms. The van der Waals surface area contributed by atoms with Crippen molar-refractivity contribution in [3.8, 4) is 0 Å². The van der Waals surface area contributed by atoms with Crippen molar-refractivity contribution in [3.63, 3.8) is 0 Å². The van der Waals surface area contributed by atoms with Crippen molar-refractivity contribution in [1.29, 1.82) is 5.41 Å². The second-order valence-electron chi connectivity index (χ2n) is 4.88. The van der Waals surface area contributed by atoms with E-state index in [1.165, 1.54) is 19.4 Å². The first kappa shape index (κ1) is 10.1. The van der Waals surface area contributed by atoms with Gasteiger partial charge >= 0.3 is 0 Å². The summed E-state index contributed by atoms with van der Waals surface area (Å²) in [5.41, 5.74) is 0.152. The van der Waals surface area contributed by atoms with Crippen molar-refractivity contribution in [2.45, 2.75) is 32.2 Å². The third kappa shape index (κ3) is 1.98. The summed E-state index contributed by atoms with van der Waals surface area (Å²) >= 11 is 0. The van der Waals surface area contributed by atoms with Crippen molar-refractivity contribution >= 4 is 6.21 Å². The Balaban J connectivity index is 1.90. The quantitative estimate of drug-likeness (QED) is 0.680. The minimum atomic E-state index is 0.152. The predicted octanol–water partition coefficient (Wildman–Crippen LogP) is 1.53. The van der Waals surface area contributed by atoms with Gasteiger partial charge in [0.1, 0.15) is 0 Å². The van der Waals surface area contributed by atoms with Gasteiger partial charge in [0, 0.05) is 11.6 Å². The van der Waals surface area contributed by atoms with Crippen LogP contribution < -0.4 is 0 Å². The molecule has 0 aliphatic carbocycles. The Morgan fingerprint density at radius 3 is 2.71 bits per heavy atom. The van der Waals surface area contributed by atoms with Crippen LogP contribution in [0.1, 0.15) is 26.2 Å². The summed E-state index contributed by atoms with van der Waals surface area (Å²) in [6.45, 7) is 6.38. The first-order valence-electron chi connectivity index (χ1n) is 5.57. The minimum Gasteiger partial charge on any atom is -0.378 e. The van der Waals surface area contributed by atoms with Crippen LogP contribution >= 0.6 is 0 Å². The van der Waals surface area contributed by atoms with E-state index in [2.05, 4.69) is 11.8 Å². The van der Waals surface area contributed by atoms with E-state index < -0.39 is 0 Å². The molecular formula is C11H20N2O. The van der Waals surface area contributed by atoms with Crippen molar-refractivity contribution in [2.24, 2.45) is 5.41 Å². The SMILES string of the molecule is CC1(C=N)CCCN(C2COC2)CC1. The molecule has 0 radical (unpaired) electrons. The number of hydrogen-bond acceptors (Lipinski definition) is 3. The fourth-order valence-electron chi connectivity index (χ4n) is 2.27. The first-order chi connectivity index (χ1) is 6.73. The van der Waals surface area contributed by atoms with E-state index in [0.717, 1.165) is 26.2 Å². The Labute approximate surface area is 85.9 Å². The molecule has 2 heterocycles. The summed E-state index contributed by atoms with van der Waals surface area (Å²) in [5.74, 6) is 0. The highest BCUT2D eigenvalue weighted by Gasteiger charge is 2.31. The lowest BCUT2D eigenvalue weighted by Crippen LogP contribution is -2.49. The third-order valence-corrected chi connectivity index (χ3v) is 3.65. The second kappa shape index (κ2) is 3.99. The highest BCUT2D eigenvalue weighted by atomic mass is 16.5. The van der Waals surface area contributed by atoms with Gasteiger partial charge in [0.25, 0.3) is 0 Å². The first-order valence-corrected chi connectivity index (χ1v) is 5.57. The van der Waals surface area contributed by atoms with Crippen LogP contribution in [0.3, 0.4) is 0 Å². The molecule has 0 aromatic heterocycles. The number of nitrogens with zero attached hydrogens (tertiary/aromatic N) is 1. The van der Waals surface area contributed by atoms with Crippen molar-refractivity contribution in [3.05, 3.63) is 0 Å².